The molecule has 1 aromatic heterocycles. The summed E-state index contributed by atoms with van der Waals surface area (Å²) in [6.45, 7) is 3.54. The summed E-state index contributed by atoms with van der Waals surface area (Å²) in [4.78, 5) is 4.32. The number of aromatic nitrogens is 1. The van der Waals surface area contributed by atoms with Gasteiger partial charge in [-0.2, -0.15) is 4.28 Å². The van der Waals surface area contributed by atoms with Crippen molar-refractivity contribution >= 4 is 45.8 Å². The number of hydrogen-bond acceptors (Lipinski definition) is 9. The molecule has 0 aliphatic carbocycles. The Morgan fingerprint density at radius 2 is 2.23 bits per heavy atom. The molecule has 4 N–H and O–H groups in total. The van der Waals surface area contributed by atoms with E-state index in [0.29, 0.717) is 32.9 Å². The van der Waals surface area contributed by atoms with Gasteiger partial charge in [0, 0.05) is 44.4 Å². The second-order valence-corrected chi connectivity index (χ2v) is 8.98. The third kappa shape index (κ3) is 7.52. The maximum absolute atomic E-state index is 14.3. The second-order valence-electron chi connectivity index (χ2n) is 6.91. The normalized spacial score (nSPS) is 18.6. The van der Waals surface area contributed by atoms with E-state index in [2.05, 4.69) is 26.4 Å². The maximum Gasteiger partial charge on any atom is 0.207 e. The number of thiazole rings is 1. The molecule has 0 unspecified atom stereocenters. The molecule has 2 atom stereocenters. The van der Waals surface area contributed by atoms with Crippen LogP contribution >= 0.6 is 35.0 Å². The molecule has 3 rings (SSSR count). The van der Waals surface area contributed by atoms with E-state index in [1.165, 1.54) is 17.4 Å². The van der Waals surface area contributed by atoms with Gasteiger partial charge < -0.3 is 20.7 Å². The summed E-state index contributed by atoms with van der Waals surface area (Å²) in [7, 11) is 1.76. The molecule has 0 saturated carbocycles. The number of rotatable bonds is 13. The van der Waals surface area contributed by atoms with Crippen molar-refractivity contribution in [2.24, 2.45) is 0 Å². The van der Waals surface area contributed by atoms with Crippen LogP contribution in [0.4, 0.5) is 15.2 Å². The lowest BCUT2D eigenvalue weighted by Gasteiger charge is -2.13. The number of unbranched alkanes of at least 4 members (excludes halogenated alkanes) is 1. The van der Waals surface area contributed by atoms with Gasteiger partial charge in [-0.15, -0.1) is 11.3 Å². The van der Waals surface area contributed by atoms with Crippen LogP contribution in [0.25, 0.3) is 0 Å². The molecule has 1 aliphatic heterocycles. The molecular weight excluding hydrogens is 449 g/mol. The fourth-order valence-corrected chi connectivity index (χ4v) is 4.42. The largest absolute Gasteiger partial charge is 0.384 e. The van der Waals surface area contributed by atoms with E-state index in [1.807, 2.05) is 5.38 Å². The molecule has 166 valence electrons. The molecule has 1 aliphatic rings. The van der Waals surface area contributed by atoms with Crippen molar-refractivity contribution in [1.29, 1.82) is 0 Å². The fraction of sp³-hybridized carbons (Fsp3) is 0.526. The Labute approximate surface area is 189 Å². The highest BCUT2D eigenvalue weighted by Gasteiger charge is 2.22. The lowest BCUT2D eigenvalue weighted by molar-refractivity contribution is 0.117. The van der Waals surface area contributed by atoms with Gasteiger partial charge >= 0.3 is 0 Å². The topological polar surface area (TPSA) is 79.5 Å². The van der Waals surface area contributed by atoms with Gasteiger partial charge in [-0.1, -0.05) is 11.6 Å². The Morgan fingerprint density at radius 1 is 1.37 bits per heavy atom. The third-order valence-corrected chi connectivity index (χ3v) is 6.36. The molecule has 0 radical (unpaired) electrons. The first kappa shape index (κ1) is 23.5. The van der Waals surface area contributed by atoms with Gasteiger partial charge in [0.1, 0.15) is 5.82 Å². The van der Waals surface area contributed by atoms with E-state index in [4.69, 9.17) is 20.6 Å². The van der Waals surface area contributed by atoms with E-state index >= 15 is 0 Å². The first-order valence-corrected chi connectivity index (χ1v) is 11.8. The van der Waals surface area contributed by atoms with Crippen LogP contribution in [0, 0.1) is 5.82 Å². The van der Waals surface area contributed by atoms with Crippen molar-refractivity contribution in [1.82, 2.24) is 15.6 Å². The van der Waals surface area contributed by atoms with Crippen molar-refractivity contribution in [3.8, 4) is 0 Å². The molecule has 0 bridgehead atoms. The molecular formula is C19H27ClFN5O2S2. The van der Waals surface area contributed by atoms with E-state index in [9.17, 15) is 4.39 Å². The van der Waals surface area contributed by atoms with Crippen molar-refractivity contribution in [2.45, 2.75) is 36.3 Å². The lowest BCUT2D eigenvalue weighted by Crippen LogP contribution is -2.34. The minimum Gasteiger partial charge on any atom is -0.384 e. The van der Waals surface area contributed by atoms with Crippen LogP contribution in [0.5, 0.6) is 0 Å². The average molecular weight is 476 g/mol. The minimum absolute atomic E-state index is 0.301. The standard InChI is InChI=1S/C19H27ClFN5O2S2/c1-27-14-8-13(25-12-14)11-22-4-2-3-5-23-17-10-16(21)18(9-15(17)20)30-28-26-19-24-6-7-29-19/h6-7,9-10,13-14,22-23,25H,2-5,8,11-12H2,1H3,(H,24,26)/t13-,14+/m0/s1. The van der Waals surface area contributed by atoms with E-state index in [1.54, 1.807) is 19.4 Å². The molecule has 7 nitrogen and oxygen atoms in total. The van der Waals surface area contributed by atoms with Crippen LogP contribution in [0.3, 0.4) is 0 Å². The first-order chi connectivity index (χ1) is 14.7. The zero-order valence-electron chi connectivity index (χ0n) is 16.7. The van der Waals surface area contributed by atoms with Crippen LogP contribution < -0.4 is 21.4 Å². The summed E-state index contributed by atoms with van der Waals surface area (Å²) < 4.78 is 24.9. The van der Waals surface area contributed by atoms with Crippen LogP contribution in [-0.2, 0) is 9.02 Å². The first-order valence-electron chi connectivity index (χ1n) is 9.84. The third-order valence-electron chi connectivity index (χ3n) is 4.72. The number of nitrogens with zero attached hydrogens (tertiary/aromatic N) is 1. The van der Waals surface area contributed by atoms with Crippen molar-refractivity contribution in [3.05, 3.63) is 34.5 Å². The molecule has 1 saturated heterocycles. The highest BCUT2D eigenvalue weighted by atomic mass is 35.5. The summed E-state index contributed by atoms with van der Waals surface area (Å²) in [6.07, 6.45) is 5.02. The summed E-state index contributed by atoms with van der Waals surface area (Å²) in [5.41, 5.74) is 3.23. The van der Waals surface area contributed by atoms with E-state index in [0.717, 1.165) is 57.5 Å². The Bertz CT molecular complexity index is 772. The number of nitrogens with one attached hydrogen (secondary N) is 4. The second kappa shape index (κ2) is 12.7. The Hall–Kier alpha value is -1.14. The molecule has 0 spiro atoms. The quantitative estimate of drug-likeness (QED) is 0.195. The monoisotopic (exact) mass is 475 g/mol. The number of benzene rings is 1. The van der Waals surface area contributed by atoms with Crippen LogP contribution in [-0.4, -0.2) is 50.4 Å². The zero-order valence-corrected chi connectivity index (χ0v) is 19.1. The number of halogens is 2. The van der Waals surface area contributed by atoms with Crippen molar-refractivity contribution in [3.63, 3.8) is 0 Å². The Morgan fingerprint density at radius 3 is 3.00 bits per heavy atom. The SMILES string of the molecule is CO[C@H]1CN[C@H](CNCCCCNc2cc(F)c(SONc3nccs3)cc2Cl)C1. The van der Waals surface area contributed by atoms with E-state index in [-0.39, 0.29) is 0 Å². The van der Waals surface area contributed by atoms with Crippen molar-refractivity contribution in [2.75, 3.05) is 44.1 Å². The summed E-state index contributed by atoms with van der Waals surface area (Å²) in [5, 5.41) is 13.0. The Balaban J connectivity index is 1.30. The molecule has 0 amide bonds. The molecule has 1 aromatic carbocycles. The van der Waals surface area contributed by atoms with Crippen LogP contribution in [0.1, 0.15) is 19.3 Å². The molecule has 2 heterocycles. The van der Waals surface area contributed by atoms with Gasteiger partial charge in [0.25, 0.3) is 0 Å². The predicted octanol–water partition coefficient (Wildman–Crippen LogP) is 4.15. The molecule has 30 heavy (non-hydrogen) atoms. The number of methoxy groups -OCH3 is 1. The van der Waals surface area contributed by atoms with Gasteiger partial charge in [0.2, 0.25) is 5.13 Å². The van der Waals surface area contributed by atoms with E-state index < -0.39 is 5.82 Å². The van der Waals surface area contributed by atoms with Gasteiger partial charge in [-0.3, -0.25) is 0 Å². The van der Waals surface area contributed by atoms with Crippen LogP contribution in [0.2, 0.25) is 5.02 Å². The smallest absolute Gasteiger partial charge is 0.207 e. The number of anilines is 2. The van der Waals surface area contributed by atoms with Gasteiger partial charge in [0.15, 0.2) is 0 Å². The predicted molar refractivity (Wildman–Crippen MR) is 122 cm³/mol. The molecule has 1 fully saturated rings. The van der Waals surface area contributed by atoms with Crippen molar-refractivity contribution < 1.29 is 13.4 Å². The van der Waals surface area contributed by atoms with Crippen LogP contribution in [0.15, 0.2) is 28.6 Å². The highest BCUT2D eigenvalue weighted by molar-refractivity contribution is 7.94. The summed E-state index contributed by atoms with van der Waals surface area (Å²) >= 11 is 8.53. The highest BCUT2D eigenvalue weighted by Crippen LogP contribution is 2.32. The lowest BCUT2D eigenvalue weighted by atomic mass is 10.2. The summed E-state index contributed by atoms with van der Waals surface area (Å²) in [5.74, 6) is -0.395. The Kier molecular flexibility index (Phi) is 9.92. The minimum atomic E-state index is -0.395. The fourth-order valence-electron chi connectivity index (χ4n) is 3.09. The van der Waals surface area contributed by atoms with Gasteiger partial charge in [-0.05, 0) is 37.9 Å². The summed E-state index contributed by atoms with van der Waals surface area (Å²) in [6, 6.07) is 3.43. The average Bonchev–Trinajstić information content (AvgIpc) is 3.42. The maximum atomic E-state index is 14.3. The molecule has 2 aromatic rings. The zero-order chi connectivity index (χ0) is 21.2. The van der Waals surface area contributed by atoms with Gasteiger partial charge in [-0.25, -0.2) is 14.9 Å². The number of hydrogen-bond donors (Lipinski definition) is 4. The molecule has 11 heteroatoms. The van der Waals surface area contributed by atoms with Gasteiger partial charge in [0.05, 0.1) is 33.8 Å². The number of ether oxygens (including phenoxy) is 1.